The number of hydrogen-bond donors (Lipinski definition) is 2. The maximum Gasteiger partial charge on any atom is 0.147 e. The van der Waals surface area contributed by atoms with E-state index in [0.29, 0.717) is 10.5 Å². The summed E-state index contributed by atoms with van der Waals surface area (Å²) in [6.45, 7) is 1.92. The number of phenols is 1. The third-order valence-corrected chi connectivity index (χ3v) is 5.49. The maximum atomic E-state index is 10.9. The predicted molar refractivity (Wildman–Crippen MR) is 109 cm³/mol. The van der Waals surface area contributed by atoms with E-state index < -0.39 is 0 Å². The van der Waals surface area contributed by atoms with E-state index in [-0.39, 0.29) is 11.8 Å². The van der Waals surface area contributed by atoms with E-state index in [9.17, 15) is 5.11 Å². The van der Waals surface area contributed by atoms with E-state index in [0.717, 1.165) is 27.2 Å². The van der Waals surface area contributed by atoms with Crippen LogP contribution in [0.25, 0.3) is 10.9 Å². The van der Waals surface area contributed by atoms with E-state index in [4.69, 9.17) is 11.6 Å². The Kier molecular flexibility index (Phi) is 4.53. The van der Waals surface area contributed by atoms with E-state index in [2.05, 4.69) is 16.4 Å². The molecule has 0 saturated heterocycles. The molecule has 2 N–H and O–H groups in total. The molecule has 4 aromatic rings. The molecule has 5 heteroatoms. The first-order valence-electron chi connectivity index (χ1n) is 8.26. The van der Waals surface area contributed by atoms with Gasteiger partial charge in [0, 0.05) is 32.2 Å². The standard InChI is InChI=1S/C21H17ClN2OS/c1-13-4-5-14-6-11-17(21(25)19(14)23-13)20(18-3-2-12-26-18)24-16-9-7-15(22)8-10-16/h2-12,20,24-25H,1H3. The van der Waals surface area contributed by atoms with Crippen molar-refractivity contribution in [1.29, 1.82) is 0 Å². The van der Waals surface area contributed by atoms with Crippen molar-refractivity contribution in [1.82, 2.24) is 4.98 Å². The highest BCUT2D eigenvalue weighted by molar-refractivity contribution is 7.10. The number of hydrogen-bond acceptors (Lipinski definition) is 4. The van der Waals surface area contributed by atoms with Crippen LogP contribution in [0.5, 0.6) is 5.75 Å². The molecule has 130 valence electrons. The second-order valence-corrected chi connectivity index (χ2v) is 7.54. The highest BCUT2D eigenvalue weighted by Crippen LogP contribution is 2.38. The molecule has 0 bridgehead atoms. The summed E-state index contributed by atoms with van der Waals surface area (Å²) in [4.78, 5) is 5.64. The van der Waals surface area contributed by atoms with Crippen LogP contribution < -0.4 is 5.32 Å². The molecule has 2 aromatic carbocycles. The van der Waals surface area contributed by atoms with Crippen molar-refractivity contribution < 1.29 is 5.11 Å². The number of pyridine rings is 1. The minimum atomic E-state index is -0.178. The van der Waals surface area contributed by atoms with Gasteiger partial charge in [-0.3, -0.25) is 0 Å². The number of phenolic OH excluding ortho intramolecular Hbond substituents is 1. The molecule has 3 nitrogen and oxygen atoms in total. The number of halogens is 1. The monoisotopic (exact) mass is 380 g/mol. The lowest BCUT2D eigenvalue weighted by molar-refractivity contribution is 0.472. The minimum absolute atomic E-state index is 0.178. The van der Waals surface area contributed by atoms with Gasteiger partial charge in [0.1, 0.15) is 11.3 Å². The molecule has 1 atom stereocenters. The number of thiophene rings is 1. The molecule has 1 unspecified atom stereocenters. The average molecular weight is 381 g/mol. The maximum absolute atomic E-state index is 10.9. The Bertz CT molecular complexity index is 1050. The summed E-state index contributed by atoms with van der Waals surface area (Å²) >= 11 is 7.64. The fourth-order valence-corrected chi connectivity index (χ4v) is 3.91. The summed E-state index contributed by atoms with van der Waals surface area (Å²) in [5.74, 6) is 0.214. The van der Waals surface area contributed by atoms with Crippen LogP contribution in [0.4, 0.5) is 5.69 Å². The van der Waals surface area contributed by atoms with Crippen molar-refractivity contribution in [2.45, 2.75) is 13.0 Å². The van der Waals surface area contributed by atoms with Crippen molar-refractivity contribution in [2.75, 3.05) is 5.32 Å². The van der Waals surface area contributed by atoms with Crippen molar-refractivity contribution in [3.8, 4) is 5.75 Å². The van der Waals surface area contributed by atoms with Crippen LogP contribution in [0.3, 0.4) is 0 Å². The number of benzene rings is 2. The van der Waals surface area contributed by atoms with Gasteiger partial charge in [-0.05, 0) is 48.7 Å². The van der Waals surface area contributed by atoms with E-state index in [1.165, 1.54) is 0 Å². The number of aromatic hydroxyl groups is 1. The largest absolute Gasteiger partial charge is 0.505 e. The summed E-state index contributed by atoms with van der Waals surface area (Å²) < 4.78 is 0. The lowest BCUT2D eigenvalue weighted by Crippen LogP contribution is -2.11. The van der Waals surface area contributed by atoms with E-state index in [1.807, 2.05) is 66.9 Å². The van der Waals surface area contributed by atoms with Crippen LogP contribution in [0.1, 0.15) is 22.2 Å². The van der Waals surface area contributed by atoms with Gasteiger partial charge in [-0.15, -0.1) is 11.3 Å². The quantitative estimate of drug-likeness (QED) is 0.445. The second kappa shape index (κ2) is 6.98. The molecule has 0 radical (unpaired) electrons. The molecule has 4 rings (SSSR count). The van der Waals surface area contributed by atoms with Crippen molar-refractivity contribution in [3.05, 3.63) is 87.2 Å². The molecular weight excluding hydrogens is 364 g/mol. The first kappa shape index (κ1) is 16.9. The lowest BCUT2D eigenvalue weighted by atomic mass is 10.0. The second-order valence-electron chi connectivity index (χ2n) is 6.13. The highest BCUT2D eigenvalue weighted by atomic mass is 35.5. The Morgan fingerprint density at radius 1 is 1.04 bits per heavy atom. The van der Waals surface area contributed by atoms with Gasteiger partial charge in [0.2, 0.25) is 0 Å². The van der Waals surface area contributed by atoms with Gasteiger partial charge in [0.15, 0.2) is 0 Å². The van der Waals surface area contributed by atoms with Crippen molar-refractivity contribution in [3.63, 3.8) is 0 Å². The molecule has 0 aliphatic carbocycles. The van der Waals surface area contributed by atoms with Crippen molar-refractivity contribution in [2.24, 2.45) is 0 Å². The smallest absolute Gasteiger partial charge is 0.147 e. The van der Waals surface area contributed by atoms with Crippen LogP contribution in [0, 0.1) is 6.92 Å². The average Bonchev–Trinajstić information content (AvgIpc) is 3.17. The van der Waals surface area contributed by atoms with Gasteiger partial charge < -0.3 is 10.4 Å². The zero-order valence-electron chi connectivity index (χ0n) is 14.1. The molecule has 0 spiro atoms. The lowest BCUT2D eigenvalue weighted by Gasteiger charge is -2.21. The van der Waals surface area contributed by atoms with Crippen LogP contribution in [-0.2, 0) is 0 Å². The summed E-state index contributed by atoms with van der Waals surface area (Å²) in [6.07, 6.45) is 0. The Balaban J connectivity index is 1.82. The summed E-state index contributed by atoms with van der Waals surface area (Å²) in [6, 6.07) is 19.3. The van der Waals surface area contributed by atoms with Crippen LogP contribution in [-0.4, -0.2) is 10.1 Å². The molecule has 0 aliphatic rings. The Morgan fingerprint density at radius 2 is 1.81 bits per heavy atom. The van der Waals surface area contributed by atoms with Crippen molar-refractivity contribution >= 4 is 39.5 Å². The number of aromatic nitrogens is 1. The molecule has 2 heterocycles. The van der Waals surface area contributed by atoms with Crippen LogP contribution in [0.15, 0.2) is 66.0 Å². The fourth-order valence-electron chi connectivity index (χ4n) is 2.99. The summed E-state index contributed by atoms with van der Waals surface area (Å²) in [5.41, 5.74) is 3.24. The minimum Gasteiger partial charge on any atom is -0.505 e. The fraction of sp³-hybridized carbons (Fsp3) is 0.0952. The first-order valence-corrected chi connectivity index (χ1v) is 9.52. The Hall–Kier alpha value is -2.56. The van der Waals surface area contributed by atoms with E-state index in [1.54, 1.807) is 11.3 Å². The third kappa shape index (κ3) is 3.26. The Labute approximate surface area is 160 Å². The molecule has 0 saturated carbocycles. The number of aryl methyl sites for hydroxylation is 1. The molecule has 0 aliphatic heterocycles. The van der Waals surface area contributed by atoms with Crippen LogP contribution in [0.2, 0.25) is 5.02 Å². The highest BCUT2D eigenvalue weighted by Gasteiger charge is 2.21. The number of fused-ring (bicyclic) bond motifs is 1. The first-order chi connectivity index (χ1) is 12.6. The topological polar surface area (TPSA) is 45.1 Å². The third-order valence-electron chi connectivity index (χ3n) is 4.30. The molecule has 0 amide bonds. The van der Waals surface area contributed by atoms with Gasteiger partial charge >= 0.3 is 0 Å². The van der Waals surface area contributed by atoms with E-state index >= 15 is 0 Å². The summed E-state index contributed by atoms with van der Waals surface area (Å²) in [7, 11) is 0. The Morgan fingerprint density at radius 3 is 2.54 bits per heavy atom. The number of nitrogens with zero attached hydrogens (tertiary/aromatic N) is 1. The zero-order chi connectivity index (χ0) is 18.1. The number of nitrogens with one attached hydrogen (secondary N) is 1. The normalized spacial score (nSPS) is 12.2. The van der Waals surface area contributed by atoms with Gasteiger partial charge in [-0.2, -0.15) is 0 Å². The van der Waals surface area contributed by atoms with Gasteiger partial charge in [0.05, 0.1) is 6.04 Å². The molecule has 2 aromatic heterocycles. The van der Waals surface area contributed by atoms with Gasteiger partial charge in [0.25, 0.3) is 0 Å². The number of rotatable bonds is 4. The SMILES string of the molecule is Cc1ccc2ccc(C(Nc3ccc(Cl)cc3)c3cccs3)c(O)c2n1. The summed E-state index contributed by atoms with van der Waals surface area (Å²) in [5, 5.41) is 18.1. The molecule has 0 fully saturated rings. The number of anilines is 1. The molecular formula is C21H17ClN2OS. The zero-order valence-corrected chi connectivity index (χ0v) is 15.7. The van der Waals surface area contributed by atoms with Crippen LogP contribution >= 0.6 is 22.9 Å². The predicted octanol–water partition coefficient (Wildman–Crippen LogP) is 6.17. The van der Waals surface area contributed by atoms with Gasteiger partial charge in [-0.25, -0.2) is 4.98 Å². The van der Waals surface area contributed by atoms with Gasteiger partial charge in [-0.1, -0.05) is 35.9 Å². The molecule has 26 heavy (non-hydrogen) atoms.